The van der Waals surface area contributed by atoms with E-state index in [-0.39, 0.29) is 12.5 Å². The van der Waals surface area contributed by atoms with Gasteiger partial charge in [-0.2, -0.15) is 0 Å². The number of anilines is 1. The lowest BCUT2D eigenvalue weighted by Gasteiger charge is -2.05. The number of benzene rings is 1. The largest absolute Gasteiger partial charge is 0.392 e. The first-order chi connectivity index (χ1) is 9.67. The Bertz CT molecular complexity index is 562. The van der Waals surface area contributed by atoms with Gasteiger partial charge in [-0.25, -0.2) is 4.98 Å². The van der Waals surface area contributed by atoms with Gasteiger partial charge in [0.05, 0.1) is 6.61 Å². The summed E-state index contributed by atoms with van der Waals surface area (Å²) < 4.78 is 0. The minimum absolute atomic E-state index is 0.0470. The molecule has 2 N–H and O–H groups in total. The smallest absolute Gasteiger partial charge is 0.225 e. The number of carbonyl (C=O) groups is 1. The van der Waals surface area contributed by atoms with E-state index in [2.05, 4.69) is 10.3 Å². The summed E-state index contributed by atoms with van der Waals surface area (Å²) in [5.74, 6) is 0.450. The van der Waals surface area contributed by atoms with E-state index in [9.17, 15) is 4.79 Å². The highest BCUT2D eigenvalue weighted by Crippen LogP contribution is 2.08. The molecule has 0 fully saturated rings. The van der Waals surface area contributed by atoms with Crippen LogP contribution in [0, 0.1) is 6.92 Å². The molecule has 1 aromatic carbocycles. The van der Waals surface area contributed by atoms with Crippen LogP contribution in [0.2, 0.25) is 0 Å². The molecule has 0 saturated heterocycles. The molecule has 1 amide bonds. The summed E-state index contributed by atoms with van der Waals surface area (Å²) in [6, 6.07) is 11.6. The van der Waals surface area contributed by atoms with Gasteiger partial charge in [-0.1, -0.05) is 35.9 Å². The lowest BCUT2D eigenvalue weighted by molar-refractivity contribution is -0.116. The van der Waals surface area contributed by atoms with Crippen LogP contribution < -0.4 is 5.32 Å². The zero-order valence-electron chi connectivity index (χ0n) is 11.5. The molecule has 0 saturated carbocycles. The number of aliphatic hydroxyl groups is 1. The Morgan fingerprint density at radius 1 is 1.15 bits per heavy atom. The first-order valence-corrected chi connectivity index (χ1v) is 6.58. The minimum Gasteiger partial charge on any atom is -0.392 e. The second-order valence-corrected chi connectivity index (χ2v) is 4.74. The Morgan fingerprint density at radius 3 is 2.45 bits per heavy atom. The molecule has 0 aliphatic heterocycles. The highest BCUT2D eigenvalue weighted by Gasteiger charge is 2.04. The van der Waals surface area contributed by atoms with Gasteiger partial charge in [0.15, 0.2) is 0 Å². The first kappa shape index (κ1) is 14.2. The van der Waals surface area contributed by atoms with E-state index < -0.39 is 0 Å². The van der Waals surface area contributed by atoms with Gasteiger partial charge < -0.3 is 10.4 Å². The molecule has 2 aromatic rings. The topological polar surface area (TPSA) is 62.2 Å². The summed E-state index contributed by atoms with van der Waals surface area (Å²) in [6.45, 7) is 1.99. The lowest BCUT2D eigenvalue weighted by Crippen LogP contribution is -2.13. The summed E-state index contributed by atoms with van der Waals surface area (Å²) in [6.07, 6.45) is 2.68. The fourth-order valence-electron chi connectivity index (χ4n) is 1.81. The molecule has 0 bridgehead atoms. The summed E-state index contributed by atoms with van der Waals surface area (Å²) in [5.41, 5.74) is 3.09. The SMILES string of the molecule is Cc1ccc(CCC(=O)Nc2ccc(CO)cn2)cc1. The highest BCUT2D eigenvalue weighted by molar-refractivity contribution is 5.89. The summed E-state index contributed by atoms with van der Waals surface area (Å²) in [5, 5.41) is 11.7. The fraction of sp³-hybridized carbons (Fsp3) is 0.250. The molecule has 0 spiro atoms. The fourth-order valence-corrected chi connectivity index (χ4v) is 1.81. The number of aliphatic hydroxyl groups excluding tert-OH is 1. The molecule has 1 aromatic heterocycles. The molecule has 0 radical (unpaired) electrons. The number of hydrogen-bond acceptors (Lipinski definition) is 3. The zero-order chi connectivity index (χ0) is 14.4. The average molecular weight is 270 g/mol. The summed E-state index contributed by atoms with van der Waals surface area (Å²) in [7, 11) is 0. The second kappa shape index (κ2) is 6.82. The Labute approximate surface area is 118 Å². The van der Waals surface area contributed by atoms with Crippen LogP contribution in [0.1, 0.15) is 23.1 Å². The molecule has 104 valence electrons. The molecular formula is C16H18N2O2. The molecule has 0 aliphatic rings. The number of pyridine rings is 1. The second-order valence-electron chi connectivity index (χ2n) is 4.74. The third-order valence-electron chi connectivity index (χ3n) is 3.04. The van der Waals surface area contributed by atoms with E-state index in [1.807, 2.05) is 31.2 Å². The van der Waals surface area contributed by atoms with Crippen molar-refractivity contribution in [1.29, 1.82) is 0 Å². The maximum Gasteiger partial charge on any atom is 0.225 e. The van der Waals surface area contributed by atoms with Gasteiger partial charge in [0.25, 0.3) is 0 Å². The van der Waals surface area contributed by atoms with Gasteiger partial charge in [-0.05, 0) is 30.5 Å². The monoisotopic (exact) mass is 270 g/mol. The Morgan fingerprint density at radius 2 is 1.85 bits per heavy atom. The molecule has 0 unspecified atom stereocenters. The molecule has 1 heterocycles. The van der Waals surface area contributed by atoms with Gasteiger partial charge in [0.1, 0.15) is 5.82 Å². The van der Waals surface area contributed by atoms with Crippen molar-refractivity contribution in [3.63, 3.8) is 0 Å². The Balaban J connectivity index is 1.84. The predicted octanol–water partition coefficient (Wildman–Crippen LogP) is 2.45. The van der Waals surface area contributed by atoms with Gasteiger partial charge in [0.2, 0.25) is 5.91 Å². The lowest BCUT2D eigenvalue weighted by atomic mass is 10.1. The Hall–Kier alpha value is -2.20. The molecule has 4 heteroatoms. The van der Waals surface area contributed by atoms with Gasteiger partial charge in [-0.15, -0.1) is 0 Å². The highest BCUT2D eigenvalue weighted by atomic mass is 16.3. The van der Waals surface area contributed by atoms with Gasteiger partial charge in [-0.3, -0.25) is 4.79 Å². The van der Waals surface area contributed by atoms with E-state index in [4.69, 9.17) is 5.11 Å². The van der Waals surface area contributed by atoms with Crippen molar-refractivity contribution in [2.24, 2.45) is 0 Å². The van der Waals surface area contributed by atoms with Gasteiger partial charge in [0, 0.05) is 12.6 Å². The summed E-state index contributed by atoms with van der Waals surface area (Å²) in [4.78, 5) is 15.9. The van der Waals surface area contributed by atoms with Crippen LogP contribution in [0.15, 0.2) is 42.6 Å². The van der Waals surface area contributed by atoms with Crippen molar-refractivity contribution in [3.05, 3.63) is 59.3 Å². The van der Waals surface area contributed by atoms with E-state index >= 15 is 0 Å². The van der Waals surface area contributed by atoms with Crippen molar-refractivity contribution in [3.8, 4) is 0 Å². The molecule has 0 atom stereocenters. The van der Waals surface area contributed by atoms with Crippen LogP contribution in [0.25, 0.3) is 0 Å². The van der Waals surface area contributed by atoms with E-state index in [1.54, 1.807) is 18.3 Å². The van der Waals surface area contributed by atoms with Crippen molar-refractivity contribution in [2.75, 3.05) is 5.32 Å². The standard InChI is InChI=1S/C16H18N2O2/c1-12-2-4-13(5-3-12)7-9-16(20)18-15-8-6-14(11-19)10-17-15/h2-6,8,10,19H,7,9,11H2,1H3,(H,17,18,20). The number of nitrogens with zero attached hydrogens (tertiary/aromatic N) is 1. The number of hydrogen-bond donors (Lipinski definition) is 2. The number of nitrogens with one attached hydrogen (secondary N) is 1. The molecule has 20 heavy (non-hydrogen) atoms. The zero-order valence-corrected chi connectivity index (χ0v) is 11.5. The molecular weight excluding hydrogens is 252 g/mol. The van der Waals surface area contributed by atoms with E-state index in [1.165, 1.54) is 5.56 Å². The number of aromatic nitrogens is 1. The minimum atomic E-state index is -0.0603. The quantitative estimate of drug-likeness (QED) is 0.877. The average Bonchev–Trinajstić information content (AvgIpc) is 2.47. The Kier molecular flexibility index (Phi) is 4.85. The summed E-state index contributed by atoms with van der Waals surface area (Å²) >= 11 is 0. The van der Waals surface area contributed by atoms with Crippen molar-refractivity contribution < 1.29 is 9.90 Å². The van der Waals surface area contributed by atoms with Crippen molar-refractivity contribution in [2.45, 2.75) is 26.4 Å². The predicted molar refractivity (Wildman–Crippen MR) is 78.3 cm³/mol. The molecule has 2 rings (SSSR count). The third kappa shape index (κ3) is 4.17. The van der Waals surface area contributed by atoms with Crippen LogP contribution >= 0.6 is 0 Å². The third-order valence-corrected chi connectivity index (χ3v) is 3.04. The normalized spacial score (nSPS) is 10.3. The van der Waals surface area contributed by atoms with Crippen LogP contribution in [-0.2, 0) is 17.8 Å². The van der Waals surface area contributed by atoms with Crippen LogP contribution in [0.5, 0.6) is 0 Å². The maximum atomic E-state index is 11.8. The first-order valence-electron chi connectivity index (χ1n) is 6.58. The maximum absolute atomic E-state index is 11.8. The van der Waals surface area contributed by atoms with Crippen LogP contribution in [0.4, 0.5) is 5.82 Å². The van der Waals surface area contributed by atoms with E-state index in [0.717, 1.165) is 11.1 Å². The number of carbonyl (C=O) groups excluding carboxylic acids is 1. The van der Waals surface area contributed by atoms with Gasteiger partial charge >= 0.3 is 0 Å². The molecule has 0 aliphatic carbocycles. The van der Waals surface area contributed by atoms with Crippen molar-refractivity contribution >= 4 is 11.7 Å². The van der Waals surface area contributed by atoms with Crippen molar-refractivity contribution in [1.82, 2.24) is 4.98 Å². The number of rotatable bonds is 5. The van der Waals surface area contributed by atoms with E-state index in [0.29, 0.717) is 18.7 Å². The van der Waals surface area contributed by atoms with Crippen LogP contribution in [0.3, 0.4) is 0 Å². The number of aryl methyl sites for hydroxylation is 2. The number of amides is 1. The van der Waals surface area contributed by atoms with Crippen LogP contribution in [-0.4, -0.2) is 16.0 Å². The molecule has 4 nitrogen and oxygen atoms in total.